The summed E-state index contributed by atoms with van der Waals surface area (Å²) in [5.41, 5.74) is 2.58. The molecule has 0 radical (unpaired) electrons. The number of morpholine rings is 1. The first-order valence-electron chi connectivity index (χ1n) is 11.5. The van der Waals surface area contributed by atoms with Gasteiger partial charge in [-0.15, -0.1) is 0 Å². The molecule has 7 nitrogen and oxygen atoms in total. The minimum Gasteiger partial charge on any atom is -0.474 e. The lowest BCUT2D eigenvalue weighted by Crippen LogP contribution is -2.36. The molecular formula is C26H26F3N3O4. The van der Waals surface area contributed by atoms with E-state index < -0.39 is 11.7 Å². The number of ketones is 1. The number of rotatable bonds is 8. The van der Waals surface area contributed by atoms with Gasteiger partial charge in [0.1, 0.15) is 12.3 Å². The van der Waals surface area contributed by atoms with Crippen LogP contribution in [-0.4, -0.2) is 60.4 Å². The van der Waals surface area contributed by atoms with Crippen LogP contribution in [0.5, 0.6) is 5.88 Å². The van der Waals surface area contributed by atoms with Gasteiger partial charge in [0.15, 0.2) is 5.78 Å². The summed E-state index contributed by atoms with van der Waals surface area (Å²) < 4.78 is 50.2. The molecule has 3 aromatic rings. The van der Waals surface area contributed by atoms with Crippen molar-refractivity contribution in [2.75, 3.05) is 44.4 Å². The zero-order chi connectivity index (χ0) is 25.7. The number of aliphatic hydroxyl groups is 1. The van der Waals surface area contributed by atoms with Crippen LogP contribution in [0.15, 0.2) is 48.8 Å². The third-order valence-electron chi connectivity index (χ3n) is 5.85. The van der Waals surface area contributed by atoms with E-state index in [9.17, 15) is 18.0 Å². The van der Waals surface area contributed by atoms with Gasteiger partial charge >= 0.3 is 6.18 Å². The fraction of sp³-hybridized carbons (Fsp3) is 0.346. The van der Waals surface area contributed by atoms with Crippen molar-refractivity contribution in [3.63, 3.8) is 0 Å². The van der Waals surface area contributed by atoms with Gasteiger partial charge in [0.05, 0.1) is 25.4 Å². The molecule has 4 rings (SSSR count). The molecule has 10 heteroatoms. The van der Waals surface area contributed by atoms with Gasteiger partial charge in [0.2, 0.25) is 5.88 Å². The number of anilines is 1. The fourth-order valence-corrected chi connectivity index (χ4v) is 4.00. The van der Waals surface area contributed by atoms with Crippen molar-refractivity contribution in [3.8, 4) is 17.0 Å². The Morgan fingerprint density at radius 3 is 2.64 bits per heavy atom. The molecule has 1 aromatic carbocycles. The molecule has 1 saturated heterocycles. The summed E-state index contributed by atoms with van der Waals surface area (Å²) in [7, 11) is 0. The van der Waals surface area contributed by atoms with Crippen LogP contribution in [0, 0.1) is 6.92 Å². The van der Waals surface area contributed by atoms with Crippen LogP contribution in [-0.2, 0) is 17.3 Å². The minimum absolute atomic E-state index is 0.101. The van der Waals surface area contributed by atoms with Gasteiger partial charge in [-0.05, 0) is 30.7 Å². The van der Waals surface area contributed by atoms with Gasteiger partial charge in [-0.2, -0.15) is 13.2 Å². The van der Waals surface area contributed by atoms with E-state index >= 15 is 0 Å². The number of alkyl halides is 3. The highest BCUT2D eigenvalue weighted by Crippen LogP contribution is 2.34. The Hall–Kier alpha value is -3.50. The third-order valence-corrected chi connectivity index (χ3v) is 5.85. The molecular weight excluding hydrogens is 475 g/mol. The molecule has 1 N–H and O–H groups in total. The molecule has 0 bridgehead atoms. The quantitative estimate of drug-likeness (QED) is 0.465. The summed E-state index contributed by atoms with van der Waals surface area (Å²) in [4.78, 5) is 23.8. The average molecular weight is 502 g/mol. The number of aromatic nitrogens is 2. The highest BCUT2D eigenvalue weighted by molar-refractivity contribution is 5.98. The molecule has 0 aliphatic carbocycles. The Morgan fingerprint density at radius 2 is 1.92 bits per heavy atom. The highest BCUT2D eigenvalue weighted by atomic mass is 19.4. The number of hydrogen-bond donors (Lipinski definition) is 1. The Labute approximate surface area is 206 Å². The minimum atomic E-state index is -4.48. The van der Waals surface area contributed by atoms with Crippen LogP contribution >= 0.6 is 0 Å². The monoisotopic (exact) mass is 501 g/mol. The van der Waals surface area contributed by atoms with E-state index in [2.05, 4.69) is 14.9 Å². The molecule has 1 fully saturated rings. The lowest BCUT2D eigenvalue weighted by atomic mass is 9.98. The highest BCUT2D eigenvalue weighted by Gasteiger charge is 2.30. The van der Waals surface area contributed by atoms with E-state index in [4.69, 9.17) is 14.6 Å². The van der Waals surface area contributed by atoms with Crippen molar-refractivity contribution < 1.29 is 32.5 Å². The summed E-state index contributed by atoms with van der Waals surface area (Å²) in [6.07, 6.45) is -1.61. The van der Waals surface area contributed by atoms with Gasteiger partial charge in [0, 0.05) is 54.3 Å². The Morgan fingerprint density at radius 1 is 1.14 bits per heavy atom. The van der Waals surface area contributed by atoms with E-state index in [0.29, 0.717) is 54.6 Å². The lowest BCUT2D eigenvalue weighted by Gasteiger charge is -2.30. The van der Waals surface area contributed by atoms with Crippen molar-refractivity contribution >= 4 is 11.5 Å². The van der Waals surface area contributed by atoms with Crippen molar-refractivity contribution in [3.05, 3.63) is 71.2 Å². The third kappa shape index (κ3) is 6.00. The molecule has 0 saturated carbocycles. The van der Waals surface area contributed by atoms with Gasteiger partial charge < -0.3 is 19.5 Å². The van der Waals surface area contributed by atoms with Crippen LogP contribution in [0.2, 0.25) is 0 Å². The smallest absolute Gasteiger partial charge is 0.416 e. The first-order valence-corrected chi connectivity index (χ1v) is 11.5. The lowest BCUT2D eigenvalue weighted by molar-refractivity contribution is -0.137. The molecule has 190 valence electrons. The SMILES string of the molecule is Cc1ncc(C(=O)Cc2cccc(C(F)(F)F)c2)cc1-c1cnc(OCCO)c(N2CCOCC2)c1. The number of Topliss-reactive ketones (excluding diaryl/α,β-unsaturated/α-hetero) is 1. The largest absolute Gasteiger partial charge is 0.474 e. The number of pyridine rings is 2. The van der Waals surface area contributed by atoms with Crippen molar-refractivity contribution in [2.24, 2.45) is 0 Å². The zero-order valence-corrected chi connectivity index (χ0v) is 19.7. The van der Waals surface area contributed by atoms with Crippen LogP contribution in [0.25, 0.3) is 11.1 Å². The van der Waals surface area contributed by atoms with Crippen molar-refractivity contribution in [2.45, 2.75) is 19.5 Å². The number of hydrogen-bond acceptors (Lipinski definition) is 7. The predicted octanol–water partition coefficient (Wildman–Crippen LogP) is 4.10. The summed E-state index contributed by atoms with van der Waals surface area (Å²) in [6.45, 7) is 4.17. The second kappa shape index (κ2) is 11.0. The fourth-order valence-electron chi connectivity index (χ4n) is 4.00. The summed E-state index contributed by atoms with van der Waals surface area (Å²) >= 11 is 0. The van der Waals surface area contributed by atoms with Gasteiger partial charge in [-0.25, -0.2) is 4.98 Å². The second-order valence-electron chi connectivity index (χ2n) is 8.37. The molecule has 3 heterocycles. The van der Waals surface area contributed by atoms with Crippen molar-refractivity contribution in [1.29, 1.82) is 0 Å². The van der Waals surface area contributed by atoms with E-state index in [1.807, 2.05) is 6.07 Å². The van der Waals surface area contributed by atoms with Crippen LogP contribution in [0.1, 0.15) is 27.2 Å². The predicted molar refractivity (Wildman–Crippen MR) is 127 cm³/mol. The number of carbonyl (C=O) groups is 1. The zero-order valence-electron chi connectivity index (χ0n) is 19.7. The molecule has 0 unspecified atom stereocenters. The molecule has 36 heavy (non-hydrogen) atoms. The number of benzene rings is 1. The average Bonchev–Trinajstić information content (AvgIpc) is 2.88. The molecule has 0 amide bonds. The van der Waals surface area contributed by atoms with Crippen LogP contribution in [0.4, 0.5) is 18.9 Å². The van der Waals surface area contributed by atoms with Gasteiger partial charge in [-0.3, -0.25) is 9.78 Å². The number of halogens is 3. The van der Waals surface area contributed by atoms with E-state index in [-0.39, 0.29) is 31.0 Å². The van der Waals surface area contributed by atoms with Crippen LogP contribution in [0.3, 0.4) is 0 Å². The Kier molecular flexibility index (Phi) is 7.85. The first kappa shape index (κ1) is 25.6. The van der Waals surface area contributed by atoms with E-state index in [1.54, 1.807) is 19.2 Å². The maximum Gasteiger partial charge on any atom is 0.416 e. The second-order valence-corrected chi connectivity index (χ2v) is 8.37. The number of aryl methyl sites for hydroxylation is 1. The Bertz CT molecular complexity index is 1230. The van der Waals surface area contributed by atoms with E-state index in [1.165, 1.54) is 18.3 Å². The maximum atomic E-state index is 13.0. The van der Waals surface area contributed by atoms with Gasteiger partial charge in [0.25, 0.3) is 0 Å². The Balaban J connectivity index is 1.63. The van der Waals surface area contributed by atoms with Crippen LogP contribution < -0.4 is 9.64 Å². The number of ether oxygens (including phenoxy) is 2. The number of carbonyl (C=O) groups excluding carboxylic acids is 1. The van der Waals surface area contributed by atoms with E-state index in [0.717, 1.165) is 17.8 Å². The number of aliphatic hydroxyl groups excluding tert-OH is 1. The molecule has 2 aromatic heterocycles. The summed E-state index contributed by atoms with van der Waals surface area (Å²) in [6, 6.07) is 8.35. The molecule has 0 spiro atoms. The van der Waals surface area contributed by atoms with Gasteiger partial charge in [-0.1, -0.05) is 18.2 Å². The molecule has 1 aliphatic rings. The van der Waals surface area contributed by atoms with Crippen molar-refractivity contribution in [1.82, 2.24) is 9.97 Å². The standard InChI is InChI=1S/C26H26F3N3O4/c1-17-22(19-14-23(32-5-8-35-9-6-32)25(31-15-19)36-10-7-33)13-20(16-30-17)24(34)12-18-3-2-4-21(11-18)26(27,28)29/h2-4,11,13-16,33H,5-10,12H2,1H3. The summed E-state index contributed by atoms with van der Waals surface area (Å²) in [5, 5.41) is 9.16. The normalized spacial score (nSPS) is 14.1. The topological polar surface area (TPSA) is 84.8 Å². The number of nitrogens with zero attached hydrogens (tertiary/aromatic N) is 3. The molecule has 1 aliphatic heterocycles. The maximum absolute atomic E-state index is 13.0. The first-order chi connectivity index (χ1) is 17.3. The molecule has 0 atom stereocenters. The summed E-state index contributed by atoms with van der Waals surface area (Å²) in [5.74, 6) is 0.0458.